The third kappa shape index (κ3) is 3.29. The minimum Gasteiger partial charge on any atom is -0.337 e. The fraction of sp³-hybridized carbons (Fsp3) is 0.423. The Morgan fingerprint density at radius 2 is 1.81 bits per heavy atom. The number of rotatable bonds is 4. The van der Waals surface area contributed by atoms with E-state index >= 15 is 0 Å². The number of nitrogens with one attached hydrogen (secondary N) is 1. The topological polar surface area (TPSA) is 69.7 Å². The summed E-state index contributed by atoms with van der Waals surface area (Å²) in [5.74, 6) is -0.598. The maximum atomic E-state index is 13.3. The van der Waals surface area contributed by atoms with Crippen LogP contribution in [0.15, 0.2) is 42.5 Å². The van der Waals surface area contributed by atoms with Crippen LogP contribution in [0, 0.1) is 0 Å². The highest BCUT2D eigenvalue weighted by Gasteiger charge is 2.50. The number of likely N-dealkylation sites (N-methyl/N-ethyl adjacent to an activating group) is 1. The number of fused-ring (bicyclic) bond motifs is 2. The lowest BCUT2D eigenvalue weighted by Crippen LogP contribution is -2.44. The number of nitrogens with zero attached hydrogens (tertiary/aromatic N) is 2. The first-order valence-electron chi connectivity index (χ1n) is 11.5. The molecule has 1 N–H and O–H groups in total. The van der Waals surface area contributed by atoms with Crippen LogP contribution < -0.4 is 5.32 Å². The highest BCUT2D eigenvalue weighted by atomic mass is 16.2. The summed E-state index contributed by atoms with van der Waals surface area (Å²) in [5.41, 5.74) is 4.62. The molecule has 0 unspecified atom stereocenters. The van der Waals surface area contributed by atoms with Crippen LogP contribution in [0.2, 0.25) is 0 Å². The van der Waals surface area contributed by atoms with Crippen molar-refractivity contribution in [1.82, 2.24) is 15.1 Å². The van der Waals surface area contributed by atoms with Crippen molar-refractivity contribution in [2.45, 2.75) is 57.0 Å². The number of imide groups is 1. The molecule has 0 radical (unpaired) electrons. The molecule has 1 fully saturated rings. The van der Waals surface area contributed by atoms with Crippen molar-refractivity contribution in [3.05, 3.63) is 70.3 Å². The monoisotopic (exact) mass is 431 g/mol. The molecule has 0 aromatic heterocycles. The summed E-state index contributed by atoms with van der Waals surface area (Å²) in [6.07, 6.45) is 6.08. The predicted octanol–water partition coefficient (Wildman–Crippen LogP) is 3.48. The lowest BCUT2D eigenvalue weighted by molar-refractivity contribution is -0.139. The van der Waals surface area contributed by atoms with Gasteiger partial charge in [-0.05, 0) is 73.3 Å². The van der Waals surface area contributed by atoms with Gasteiger partial charge in [-0.3, -0.25) is 14.5 Å². The zero-order chi connectivity index (χ0) is 22.5. The summed E-state index contributed by atoms with van der Waals surface area (Å²) >= 11 is 0. The van der Waals surface area contributed by atoms with Gasteiger partial charge in [0.1, 0.15) is 12.1 Å². The van der Waals surface area contributed by atoms with E-state index in [9.17, 15) is 14.4 Å². The van der Waals surface area contributed by atoms with Crippen molar-refractivity contribution < 1.29 is 14.4 Å². The Balaban J connectivity index is 1.34. The molecule has 32 heavy (non-hydrogen) atoms. The van der Waals surface area contributed by atoms with E-state index in [0.29, 0.717) is 0 Å². The van der Waals surface area contributed by atoms with Gasteiger partial charge in [0.05, 0.1) is 6.04 Å². The summed E-state index contributed by atoms with van der Waals surface area (Å²) < 4.78 is 0. The summed E-state index contributed by atoms with van der Waals surface area (Å²) in [4.78, 5) is 42.0. The van der Waals surface area contributed by atoms with Gasteiger partial charge in [0.15, 0.2) is 0 Å². The van der Waals surface area contributed by atoms with Crippen LogP contribution in [0.25, 0.3) is 0 Å². The molecule has 2 aromatic rings. The van der Waals surface area contributed by atoms with Crippen molar-refractivity contribution in [1.29, 1.82) is 0 Å². The molecule has 6 heteroatoms. The third-order valence-corrected chi connectivity index (χ3v) is 7.44. The molecular weight excluding hydrogens is 402 g/mol. The molecular formula is C26H29N3O3. The Morgan fingerprint density at radius 3 is 2.66 bits per heavy atom. The second kappa shape index (κ2) is 7.76. The van der Waals surface area contributed by atoms with Crippen molar-refractivity contribution in [3.8, 4) is 0 Å². The lowest BCUT2D eigenvalue weighted by Gasteiger charge is -2.34. The maximum absolute atomic E-state index is 13.3. The van der Waals surface area contributed by atoms with E-state index in [0.717, 1.165) is 54.6 Å². The quantitative estimate of drug-likeness (QED) is 0.754. The Hall–Kier alpha value is -3.15. The van der Waals surface area contributed by atoms with E-state index in [1.54, 1.807) is 18.9 Å². The number of urea groups is 1. The molecule has 2 aliphatic carbocycles. The van der Waals surface area contributed by atoms with Gasteiger partial charge in [0.25, 0.3) is 5.91 Å². The third-order valence-electron chi connectivity index (χ3n) is 7.44. The maximum Gasteiger partial charge on any atom is 0.325 e. The van der Waals surface area contributed by atoms with Gasteiger partial charge >= 0.3 is 6.03 Å². The van der Waals surface area contributed by atoms with Crippen LogP contribution >= 0.6 is 0 Å². The number of hydrogen-bond acceptors (Lipinski definition) is 3. The minimum absolute atomic E-state index is 0.0312. The Labute approximate surface area is 188 Å². The van der Waals surface area contributed by atoms with Crippen molar-refractivity contribution >= 4 is 17.8 Å². The first-order chi connectivity index (χ1) is 15.4. The second-order valence-corrected chi connectivity index (χ2v) is 9.39. The molecule has 0 saturated carbocycles. The van der Waals surface area contributed by atoms with Gasteiger partial charge < -0.3 is 10.2 Å². The van der Waals surface area contributed by atoms with Gasteiger partial charge in [-0.25, -0.2) is 4.79 Å². The fourth-order valence-corrected chi connectivity index (χ4v) is 5.47. The first-order valence-corrected chi connectivity index (χ1v) is 11.5. The average molecular weight is 432 g/mol. The van der Waals surface area contributed by atoms with Crippen molar-refractivity contribution in [2.24, 2.45) is 0 Å². The lowest BCUT2D eigenvalue weighted by atomic mass is 9.87. The summed E-state index contributed by atoms with van der Waals surface area (Å²) in [6.45, 7) is 1.48. The highest BCUT2D eigenvalue weighted by Crippen LogP contribution is 2.35. The summed E-state index contributed by atoms with van der Waals surface area (Å²) in [6, 6.07) is 13.7. The largest absolute Gasteiger partial charge is 0.337 e. The van der Waals surface area contributed by atoms with Gasteiger partial charge in [-0.2, -0.15) is 0 Å². The smallest absolute Gasteiger partial charge is 0.325 e. The van der Waals surface area contributed by atoms with Crippen LogP contribution in [0.4, 0.5) is 4.79 Å². The van der Waals surface area contributed by atoms with E-state index in [-0.39, 0.29) is 24.4 Å². The van der Waals surface area contributed by atoms with Gasteiger partial charge in [-0.1, -0.05) is 42.5 Å². The van der Waals surface area contributed by atoms with Gasteiger partial charge in [-0.15, -0.1) is 0 Å². The van der Waals surface area contributed by atoms with Gasteiger partial charge in [0.2, 0.25) is 5.91 Å². The molecule has 0 bridgehead atoms. The minimum atomic E-state index is -1.15. The summed E-state index contributed by atoms with van der Waals surface area (Å²) in [5, 5.41) is 2.84. The number of amides is 4. The van der Waals surface area contributed by atoms with E-state index < -0.39 is 11.6 Å². The normalized spacial score (nSPS) is 24.2. The molecule has 1 heterocycles. The second-order valence-electron chi connectivity index (χ2n) is 9.39. The number of carbonyl (C=O) groups is 3. The first kappa shape index (κ1) is 20.7. The highest BCUT2D eigenvalue weighted by molar-refractivity contribution is 6.09. The SMILES string of the molecule is CN(C(=O)CN1C(=O)N[C@@](C)(c2ccc3c(c2)CCC3)C1=O)[C@H]1CCCc2ccccc21. The fourth-order valence-electron chi connectivity index (χ4n) is 5.47. The predicted molar refractivity (Wildman–Crippen MR) is 121 cm³/mol. The van der Waals surface area contributed by atoms with Crippen LogP contribution in [0.1, 0.15) is 60.0 Å². The van der Waals surface area contributed by atoms with Crippen LogP contribution in [-0.4, -0.2) is 41.2 Å². The van der Waals surface area contributed by atoms with Crippen LogP contribution in [0.5, 0.6) is 0 Å². The van der Waals surface area contributed by atoms with Crippen LogP contribution in [-0.2, 0) is 34.4 Å². The van der Waals surface area contributed by atoms with Crippen molar-refractivity contribution in [2.75, 3.05) is 13.6 Å². The van der Waals surface area contributed by atoms with E-state index in [1.807, 2.05) is 24.3 Å². The van der Waals surface area contributed by atoms with E-state index in [1.165, 1.54) is 16.7 Å². The number of hydrogen-bond donors (Lipinski definition) is 1. The molecule has 2 atom stereocenters. The van der Waals surface area contributed by atoms with E-state index in [4.69, 9.17) is 0 Å². The molecule has 4 amide bonds. The molecule has 6 nitrogen and oxygen atoms in total. The standard InChI is InChI=1S/C26H29N3O3/c1-26(20-14-13-17-8-5-10-19(17)15-20)24(31)29(25(32)27-26)16-23(30)28(2)22-12-6-9-18-7-3-4-11-21(18)22/h3-4,7,11,13-15,22H,5-6,8-10,12,16H2,1-2H3,(H,27,32)/t22-,26-/m0/s1. The Bertz CT molecular complexity index is 1110. The number of benzene rings is 2. The molecule has 1 saturated heterocycles. The molecule has 2 aromatic carbocycles. The zero-order valence-electron chi connectivity index (χ0n) is 18.7. The molecule has 0 spiro atoms. The molecule has 5 rings (SSSR count). The summed E-state index contributed by atoms with van der Waals surface area (Å²) in [7, 11) is 1.77. The molecule has 166 valence electrons. The van der Waals surface area contributed by atoms with Crippen LogP contribution in [0.3, 0.4) is 0 Å². The molecule has 3 aliphatic rings. The Kier molecular flexibility index (Phi) is 5.03. The van der Waals surface area contributed by atoms with E-state index in [2.05, 4.69) is 23.5 Å². The average Bonchev–Trinajstić information content (AvgIpc) is 3.36. The number of aryl methyl sites for hydroxylation is 3. The Morgan fingerprint density at radius 1 is 1.06 bits per heavy atom. The van der Waals surface area contributed by atoms with Crippen molar-refractivity contribution in [3.63, 3.8) is 0 Å². The zero-order valence-corrected chi connectivity index (χ0v) is 18.7. The number of carbonyl (C=O) groups excluding carboxylic acids is 3. The van der Waals surface area contributed by atoms with Gasteiger partial charge in [0, 0.05) is 7.05 Å². The molecule has 1 aliphatic heterocycles.